The minimum absolute atomic E-state index is 0.271. The summed E-state index contributed by atoms with van der Waals surface area (Å²) in [6.07, 6.45) is 6.03. The first-order valence-corrected chi connectivity index (χ1v) is 7.59. The van der Waals surface area contributed by atoms with Gasteiger partial charge in [-0.1, -0.05) is 57.4 Å². The third kappa shape index (κ3) is 4.34. The molecule has 112 valence electrons. The normalized spacial score (nSPS) is 13.9. The van der Waals surface area contributed by atoms with E-state index >= 15 is 0 Å². The molecular weight excluding hydrogens is 252 g/mol. The molecule has 0 amide bonds. The van der Waals surface area contributed by atoms with Gasteiger partial charge in [-0.2, -0.15) is 0 Å². The van der Waals surface area contributed by atoms with Crippen LogP contribution in [0.25, 0.3) is 0 Å². The topological polar surface area (TPSA) is 57.5 Å². The van der Waals surface area contributed by atoms with Gasteiger partial charge < -0.3 is 10.2 Å². The number of carbonyl (C=O) groups is 1. The SMILES string of the molecule is CCCCCC(O)(C(=O)O)c1cccc(CCCC)c1. The Morgan fingerprint density at radius 2 is 1.85 bits per heavy atom. The monoisotopic (exact) mass is 278 g/mol. The zero-order chi connectivity index (χ0) is 15.0. The van der Waals surface area contributed by atoms with Crippen LogP contribution in [0.15, 0.2) is 24.3 Å². The van der Waals surface area contributed by atoms with Gasteiger partial charge in [0.2, 0.25) is 0 Å². The minimum atomic E-state index is -1.75. The van der Waals surface area contributed by atoms with E-state index < -0.39 is 11.6 Å². The average Bonchev–Trinajstić information content (AvgIpc) is 2.45. The quantitative estimate of drug-likeness (QED) is 0.674. The molecule has 1 aromatic carbocycles. The Kier molecular flexibility index (Phi) is 6.73. The molecule has 0 aromatic heterocycles. The summed E-state index contributed by atoms with van der Waals surface area (Å²) in [6.45, 7) is 4.19. The number of hydrogen-bond acceptors (Lipinski definition) is 2. The third-order valence-corrected chi connectivity index (χ3v) is 3.72. The maximum absolute atomic E-state index is 11.5. The summed E-state index contributed by atoms with van der Waals surface area (Å²) in [4.78, 5) is 11.5. The van der Waals surface area contributed by atoms with Crippen molar-refractivity contribution in [1.82, 2.24) is 0 Å². The van der Waals surface area contributed by atoms with Gasteiger partial charge in [-0.05, 0) is 36.8 Å². The second-order valence-electron chi connectivity index (χ2n) is 5.43. The van der Waals surface area contributed by atoms with Crippen LogP contribution in [-0.4, -0.2) is 16.2 Å². The van der Waals surface area contributed by atoms with Crippen molar-refractivity contribution in [2.75, 3.05) is 0 Å². The standard InChI is InChI=1S/C17H26O3/c1-3-5-7-12-17(20,16(18)19)15-11-8-10-14(13-15)9-6-4-2/h8,10-11,13,20H,3-7,9,12H2,1-2H3,(H,18,19). The van der Waals surface area contributed by atoms with Crippen LogP contribution < -0.4 is 0 Å². The van der Waals surface area contributed by atoms with Crippen LogP contribution in [0.4, 0.5) is 0 Å². The predicted octanol–water partition coefficient (Wildman–Crippen LogP) is 3.88. The number of aliphatic carboxylic acids is 1. The number of rotatable bonds is 9. The summed E-state index contributed by atoms with van der Waals surface area (Å²) in [5.41, 5.74) is -0.147. The maximum Gasteiger partial charge on any atom is 0.340 e. The molecule has 1 unspecified atom stereocenters. The Morgan fingerprint density at radius 3 is 2.45 bits per heavy atom. The fourth-order valence-corrected chi connectivity index (χ4v) is 2.37. The molecule has 0 spiro atoms. The van der Waals surface area contributed by atoms with E-state index in [1.165, 1.54) is 0 Å². The second kappa shape index (κ2) is 8.05. The fraction of sp³-hybridized carbons (Fsp3) is 0.588. The summed E-state index contributed by atoms with van der Waals surface area (Å²) in [6, 6.07) is 7.40. The molecule has 0 fully saturated rings. The van der Waals surface area contributed by atoms with Crippen molar-refractivity contribution in [1.29, 1.82) is 0 Å². The Balaban J connectivity index is 2.93. The minimum Gasteiger partial charge on any atom is -0.479 e. The van der Waals surface area contributed by atoms with Gasteiger partial charge in [-0.25, -0.2) is 4.79 Å². The molecule has 0 heterocycles. The van der Waals surface area contributed by atoms with Crippen molar-refractivity contribution < 1.29 is 15.0 Å². The summed E-state index contributed by atoms with van der Waals surface area (Å²) in [5.74, 6) is -1.15. The lowest BCUT2D eigenvalue weighted by Crippen LogP contribution is -2.35. The lowest BCUT2D eigenvalue weighted by molar-refractivity contribution is -0.160. The van der Waals surface area contributed by atoms with Crippen molar-refractivity contribution in [3.63, 3.8) is 0 Å². The van der Waals surface area contributed by atoms with Crippen molar-refractivity contribution >= 4 is 5.97 Å². The van der Waals surface area contributed by atoms with E-state index in [9.17, 15) is 15.0 Å². The first-order chi connectivity index (χ1) is 9.54. The molecule has 0 saturated heterocycles. The highest BCUT2D eigenvalue weighted by Crippen LogP contribution is 2.29. The second-order valence-corrected chi connectivity index (χ2v) is 5.43. The van der Waals surface area contributed by atoms with Gasteiger partial charge in [0.25, 0.3) is 0 Å². The van der Waals surface area contributed by atoms with Gasteiger partial charge in [-0.15, -0.1) is 0 Å². The zero-order valence-corrected chi connectivity index (χ0v) is 12.6. The van der Waals surface area contributed by atoms with Gasteiger partial charge in [0, 0.05) is 0 Å². The first-order valence-electron chi connectivity index (χ1n) is 7.59. The molecule has 0 radical (unpaired) electrons. The van der Waals surface area contributed by atoms with E-state index in [1.54, 1.807) is 6.07 Å². The number of unbranched alkanes of at least 4 members (excludes halogenated alkanes) is 3. The van der Waals surface area contributed by atoms with Gasteiger partial charge in [-0.3, -0.25) is 0 Å². The van der Waals surface area contributed by atoms with E-state index in [0.29, 0.717) is 5.56 Å². The summed E-state index contributed by atoms with van der Waals surface area (Å²) in [7, 11) is 0. The molecule has 1 atom stereocenters. The van der Waals surface area contributed by atoms with Crippen LogP contribution in [0.2, 0.25) is 0 Å². The number of aliphatic hydroxyl groups is 1. The zero-order valence-electron chi connectivity index (χ0n) is 12.6. The van der Waals surface area contributed by atoms with Gasteiger partial charge in [0.15, 0.2) is 5.60 Å². The summed E-state index contributed by atoms with van der Waals surface area (Å²) in [5, 5.41) is 19.9. The van der Waals surface area contributed by atoms with E-state index in [-0.39, 0.29) is 6.42 Å². The van der Waals surface area contributed by atoms with Crippen molar-refractivity contribution in [3.05, 3.63) is 35.4 Å². The van der Waals surface area contributed by atoms with Crippen LogP contribution in [0.5, 0.6) is 0 Å². The highest BCUT2D eigenvalue weighted by atomic mass is 16.4. The molecule has 3 nitrogen and oxygen atoms in total. The molecule has 3 heteroatoms. The van der Waals surface area contributed by atoms with Crippen molar-refractivity contribution in [2.24, 2.45) is 0 Å². The Bertz CT molecular complexity index is 428. The van der Waals surface area contributed by atoms with E-state index in [1.807, 2.05) is 18.2 Å². The van der Waals surface area contributed by atoms with Gasteiger partial charge in [0.05, 0.1) is 0 Å². The first kappa shape index (κ1) is 16.7. The van der Waals surface area contributed by atoms with Gasteiger partial charge in [0.1, 0.15) is 0 Å². The van der Waals surface area contributed by atoms with Crippen molar-refractivity contribution in [2.45, 2.75) is 64.4 Å². The van der Waals surface area contributed by atoms with Gasteiger partial charge >= 0.3 is 5.97 Å². The fourth-order valence-electron chi connectivity index (χ4n) is 2.37. The van der Waals surface area contributed by atoms with Crippen molar-refractivity contribution in [3.8, 4) is 0 Å². The van der Waals surface area contributed by atoms with Crippen LogP contribution in [0, 0.1) is 0 Å². The molecule has 0 saturated carbocycles. The van der Waals surface area contributed by atoms with Crippen LogP contribution >= 0.6 is 0 Å². The molecule has 0 aliphatic rings. The number of hydrogen-bond donors (Lipinski definition) is 2. The van der Waals surface area contributed by atoms with Crippen LogP contribution in [0.3, 0.4) is 0 Å². The molecule has 2 N–H and O–H groups in total. The molecule has 1 aromatic rings. The molecule has 1 rings (SSSR count). The smallest absolute Gasteiger partial charge is 0.340 e. The molecular formula is C17H26O3. The molecule has 0 bridgehead atoms. The molecule has 20 heavy (non-hydrogen) atoms. The largest absolute Gasteiger partial charge is 0.479 e. The number of aryl methyl sites for hydroxylation is 1. The third-order valence-electron chi connectivity index (χ3n) is 3.72. The Hall–Kier alpha value is -1.35. The summed E-state index contributed by atoms with van der Waals surface area (Å²) >= 11 is 0. The lowest BCUT2D eigenvalue weighted by atomic mass is 9.87. The van der Waals surface area contributed by atoms with E-state index in [4.69, 9.17) is 0 Å². The van der Waals surface area contributed by atoms with Crippen LogP contribution in [0.1, 0.15) is 63.5 Å². The Morgan fingerprint density at radius 1 is 1.15 bits per heavy atom. The predicted molar refractivity (Wildman–Crippen MR) is 80.7 cm³/mol. The van der Waals surface area contributed by atoms with Crippen LogP contribution in [-0.2, 0) is 16.8 Å². The summed E-state index contributed by atoms with van der Waals surface area (Å²) < 4.78 is 0. The van der Waals surface area contributed by atoms with E-state index in [2.05, 4.69) is 13.8 Å². The molecule has 0 aliphatic heterocycles. The highest BCUT2D eigenvalue weighted by Gasteiger charge is 2.37. The maximum atomic E-state index is 11.5. The Labute approximate surface area is 121 Å². The highest BCUT2D eigenvalue weighted by molar-refractivity contribution is 5.79. The van der Waals surface area contributed by atoms with E-state index in [0.717, 1.165) is 44.1 Å². The average molecular weight is 278 g/mol. The lowest BCUT2D eigenvalue weighted by Gasteiger charge is -2.24. The molecule has 0 aliphatic carbocycles. The number of carboxylic acids is 1. The number of benzene rings is 1. The number of carboxylic acid groups (broad SMARTS) is 1.